The second-order valence-electron chi connectivity index (χ2n) is 4.51. The van der Waals surface area contributed by atoms with Gasteiger partial charge in [-0.15, -0.1) is 11.6 Å². The first kappa shape index (κ1) is 17.9. The Bertz CT molecular complexity index is 207. The highest BCUT2D eigenvalue weighted by atomic mass is 35.5. The average Bonchev–Trinajstić information content (AvgIpc) is 2.32. The molecule has 0 saturated carbocycles. The van der Waals surface area contributed by atoms with Crippen LogP contribution in [0.5, 0.6) is 0 Å². The Kier molecular flexibility index (Phi) is 13.3. The molecule has 104 valence electrons. The van der Waals surface area contributed by atoms with Crippen molar-refractivity contribution in [3.8, 4) is 0 Å². The second-order valence-corrected chi connectivity index (χ2v) is 5.12. The molecule has 0 aromatic heterocycles. The van der Waals surface area contributed by atoms with Crippen molar-refractivity contribution in [3.63, 3.8) is 0 Å². The Morgan fingerprint density at radius 3 is 2.61 bits per heavy atom. The Labute approximate surface area is 117 Å². The first-order valence-electron chi connectivity index (χ1n) is 6.80. The largest absolute Gasteiger partial charge is 0.446 e. The van der Waals surface area contributed by atoms with Crippen LogP contribution in [-0.4, -0.2) is 39.0 Å². The maximum atomic E-state index is 13.3. The molecule has 0 unspecified atom stereocenters. The molecule has 0 aromatic carbocycles. The molecule has 0 aliphatic carbocycles. The number of nitrogens with zero attached hydrogens (tertiary/aromatic N) is 1. The number of alkyl halides is 2. The van der Waals surface area contributed by atoms with Gasteiger partial charge in [-0.05, 0) is 6.42 Å². The van der Waals surface area contributed by atoms with Crippen molar-refractivity contribution in [2.24, 2.45) is 4.99 Å². The van der Waals surface area contributed by atoms with Gasteiger partial charge < -0.3 is 4.65 Å². The van der Waals surface area contributed by atoms with Gasteiger partial charge in [0.2, 0.25) is 0 Å². The van der Waals surface area contributed by atoms with Crippen LogP contribution >= 0.6 is 11.6 Å². The second kappa shape index (κ2) is 13.3. The highest BCUT2D eigenvalue weighted by Crippen LogP contribution is 2.08. The number of hydrogen-bond donors (Lipinski definition) is 0. The van der Waals surface area contributed by atoms with Crippen LogP contribution in [0.1, 0.15) is 51.9 Å². The SMILES string of the molecule is [B]OC[C@H](Cl)C[C@H](F)C=NCCCCCCCC. The maximum absolute atomic E-state index is 13.3. The maximum Gasteiger partial charge on any atom is 0.282 e. The monoisotopic (exact) mass is 275 g/mol. The zero-order valence-electron chi connectivity index (χ0n) is 11.3. The van der Waals surface area contributed by atoms with Gasteiger partial charge in [-0.1, -0.05) is 39.0 Å². The zero-order valence-corrected chi connectivity index (χ0v) is 12.0. The summed E-state index contributed by atoms with van der Waals surface area (Å²) in [6, 6.07) is 0. The summed E-state index contributed by atoms with van der Waals surface area (Å²) in [6.07, 6.45) is 7.73. The van der Waals surface area contributed by atoms with Crippen molar-refractivity contribution in [1.82, 2.24) is 0 Å². The van der Waals surface area contributed by atoms with E-state index in [0.717, 1.165) is 6.42 Å². The average molecular weight is 276 g/mol. The van der Waals surface area contributed by atoms with E-state index in [2.05, 4.69) is 16.6 Å². The highest BCUT2D eigenvalue weighted by Gasteiger charge is 2.10. The van der Waals surface area contributed by atoms with E-state index >= 15 is 0 Å². The van der Waals surface area contributed by atoms with Crippen LogP contribution in [-0.2, 0) is 4.65 Å². The Hall–Kier alpha value is -0.0851. The molecule has 2 radical (unpaired) electrons. The molecule has 0 bridgehead atoms. The van der Waals surface area contributed by atoms with Crippen molar-refractivity contribution in [3.05, 3.63) is 0 Å². The summed E-state index contributed by atoms with van der Waals surface area (Å²) in [6.45, 7) is 3.06. The van der Waals surface area contributed by atoms with Gasteiger partial charge in [0.15, 0.2) is 0 Å². The minimum absolute atomic E-state index is 0.160. The molecule has 2 nitrogen and oxygen atoms in total. The molecule has 0 spiro atoms. The summed E-state index contributed by atoms with van der Waals surface area (Å²) in [4.78, 5) is 4.07. The lowest BCUT2D eigenvalue weighted by molar-refractivity contribution is 0.313. The number of hydrogen-bond acceptors (Lipinski definition) is 2. The molecule has 0 aliphatic rings. The zero-order chi connectivity index (χ0) is 13.6. The normalized spacial score (nSPS) is 15.1. The van der Waals surface area contributed by atoms with Gasteiger partial charge in [-0.3, -0.25) is 4.99 Å². The molecule has 5 heteroatoms. The van der Waals surface area contributed by atoms with Gasteiger partial charge in [-0.25, -0.2) is 4.39 Å². The predicted molar refractivity (Wildman–Crippen MR) is 77.6 cm³/mol. The third-order valence-corrected chi connectivity index (χ3v) is 2.97. The van der Waals surface area contributed by atoms with Crippen LogP contribution in [0.2, 0.25) is 0 Å². The van der Waals surface area contributed by atoms with Crippen LogP contribution in [0.15, 0.2) is 4.99 Å². The van der Waals surface area contributed by atoms with Gasteiger partial charge in [0.25, 0.3) is 8.05 Å². The van der Waals surface area contributed by atoms with Crippen LogP contribution in [0, 0.1) is 0 Å². The number of rotatable bonds is 12. The lowest BCUT2D eigenvalue weighted by atomic mass is 10.1. The fourth-order valence-electron chi connectivity index (χ4n) is 1.65. The minimum atomic E-state index is -1.11. The smallest absolute Gasteiger partial charge is 0.282 e. The molecule has 0 N–H and O–H groups in total. The third-order valence-electron chi connectivity index (χ3n) is 2.67. The molecule has 18 heavy (non-hydrogen) atoms. The quantitative estimate of drug-likeness (QED) is 0.229. The van der Waals surface area contributed by atoms with E-state index in [1.54, 1.807) is 0 Å². The predicted octanol–water partition coefficient (Wildman–Crippen LogP) is 3.85. The molecule has 0 rings (SSSR count). The van der Waals surface area contributed by atoms with E-state index < -0.39 is 11.5 Å². The lowest BCUT2D eigenvalue weighted by Gasteiger charge is -2.08. The summed E-state index contributed by atoms with van der Waals surface area (Å²) < 4.78 is 17.7. The van der Waals surface area contributed by atoms with Gasteiger partial charge in [-0.2, -0.15) is 0 Å². The Morgan fingerprint density at radius 1 is 1.28 bits per heavy atom. The van der Waals surface area contributed by atoms with Crippen molar-refractivity contribution in [2.75, 3.05) is 13.2 Å². The van der Waals surface area contributed by atoms with Crippen LogP contribution in [0.25, 0.3) is 0 Å². The molecular formula is C13H24BClFNO. The van der Waals surface area contributed by atoms with Crippen LogP contribution in [0.3, 0.4) is 0 Å². The Morgan fingerprint density at radius 2 is 1.94 bits per heavy atom. The van der Waals surface area contributed by atoms with E-state index in [1.807, 2.05) is 0 Å². The molecule has 0 aliphatic heterocycles. The first-order valence-corrected chi connectivity index (χ1v) is 7.24. The summed E-state index contributed by atoms with van der Waals surface area (Å²) in [7, 11) is 4.85. The van der Waals surface area contributed by atoms with E-state index in [1.165, 1.54) is 38.3 Å². The lowest BCUT2D eigenvalue weighted by Crippen LogP contribution is -2.15. The summed E-state index contributed by atoms with van der Waals surface area (Å²) in [5.74, 6) is 0. The van der Waals surface area contributed by atoms with Crippen molar-refractivity contribution < 1.29 is 9.04 Å². The van der Waals surface area contributed by atoms with Crippen molar-refractivity contribution >= 4 is 25.9 Å². The Balaban J connectivity index is 3.39. The van der Waals surface area contributed by atoms with Crippen molar-refractivity contribution in [2.45, 2.75) is 63.4 Å². The molecule has 0 amide bonds. The summed E-state index contributed by atoms with van der Waals surface area (Å²) in [5.41, 5.74) is 0. The number of unbranched alkanes of at least 4 members (excludes halogenated alkanes) is 5. The molecule has 0 aromatic rings. The van der Waals surface area contributed by atoms with E-state index in [0.29, 0.717) is 6.54 Å². The first-order chi connectivity index (χ1) is 8.70. The molecular weight excluding hydrogens is 251 g/mol. The van der Waals surface area contributed by atoms with Gasteiger partial charge in [0.1, 0.15) is 6.17 Å². The standard InChI is InChI=1S/C13H24BClFNO/c1-2-3-4-5-6-7-8-17-10-13(16)9-12(15)11-18-14/h10,12-13H,2-9,11H2,1H3/t12-,13+/m1/s1. The number of aliphatic imine (C=N–C) groups is 1. The topological polar surface area (TPSA) is 21.6 Å². The van der Waals surface area contributed by atoms with E-state index in [9.17, 15) is 4.39 Å². The summed E-state index contributed by atoms with van der Waals surface area (Å²) >= 11 is 5.78. The van der Waals surface area contributed by atoms with Crippen LogP contribution in [0.4, 0.5) is 4.39 Å². The van der Waals surface area contributed by atoms with Crippen molar-refractivity contribution in [1.29, 1.82) is 0 Å². The molecule has 2 atom stereocenters. The fraction of sp³-hybridized carbons (Fsp3) is 0.923. The number of halogens is 2. The third kappa shape index (κ3) is 12.4. The van der Waals surface area contributed by atoms with Gasteiger partial charge in [0, 0.05) is 25.8 Å². The molecule has 0 saturated heterocycles. The molecule has 0 heterocycles. The van der Waals surface area contributed by atoms with Gasteiger partial charge in [0.05, 0.1) is 5.38 Å². The summed E-state index contributed by atoms with van der Waals surface area (Å²) in [5, 5.41) is -0.398. The van der Waals surface area contributed by atoms with Crippen LogP contribution < -0.4 is 0 Å². The van der Waals surface area contributed by atoms with E-state index in [-0.39, 0.29) is 13.0 Å². The van der Waals surface area contributed by atoms with Gasteiger partial charge >= 0.3 is 0 Å². The fourth-order valence-corrected chi connectivity index (χ4v) is 1.89. The minimum Gasteiger partial charge on any atom is -0.446 e. The molecule has 0 fully saturated rings. The highest BCUT2D eigenvalue weighted by molar-refractivity contribution is 6.21. The van der Waals surface area contributed by atoms with E-state index in [4.69, 9.17) is 19.7 Å².